The van der Waals surface area contributed by atoms with Crippen LogP contribution in [-0.2, 0) is 0 Å². The first-order chi connectivity index (χ1) is 2.41. The molecule has 30 valence electrons. The van der Waals surface area contributed by atoms with Gasteiger partial charge in [0.1, 0.15) is 0 Å². The Morgan fingerprint density at radius 1 is 2.00 bits per heavy atom. The molecule has 0 saturated heterocycles. The monoisotopic (exact) mass is 73.1 g/mol. The second kappa shape index (κ2) is 3.98. The van der Waals surface area contributed by atoms with Gasteiger partial charge in [-0.1, -0.05) is 6.92 Å². The summed E-state index contributed by atoms with van der Waals surface area (Å²) in [6, 6.07) is 0. The minimum Gasteiger partial charge on any atom is -0.440 e. The van der Waals surface area contributed by atoms with E-state index in [0.29, 0.717) is 0 Å². The molecule has 0 rings (SSSR count). The van der Waals surface area contributed by atoms with Gasteiger partial charge in [-0.3, -0.25) is 0 Å². The van der Waals surface area contributed by atoms with Gasteiger partial charge in [0, 0.05) is 0 Å². The van der Waals surface area contributed by atoms with Crippen molar-refractivity contribution in [2.75, 3.05) is 6.54 Å². The third-order valence-electron chi connectivity index (χ3n) is 0.362. The highest BCUT2D eigenvalue weighted by atomic mass is 16.2. The second-order valence-electron chi connectivity index (χ2n) is 0.762. The smallest absolute Gasteiger partial charge is 0.357 e. The van der Waals surface area contributed by atoms with E-state index in [1.54, 1.807) is 0 Å². The van der Waals surface area contributed by atoms with Crippen molar-refractivity contribution < 1.29 is 5.02 Å². The molecule has 5 heavy (non-hydrogen) atoms. The van der Waals surface area contributed by atoms with Gasteiger partial charge in [0.05, 0.1) is 0 Å². The Labute approximate surface area is 32.5 Å². The van der Waals surface area contributed by atoms with E-state index in [1.807, 2.05) is 6.92 Å². The van der Waals surface area contributed by atoms with Gasteiger partial charge in [0.2, 0.25) is 0 Å². The fourth-order valence-corrected chi connectivity index (χ4v) is 0.112. The minimum absolute atomic E-state index is 0.0938. The third-order valence-corrected chi connectivity index (χ3v) is 0.362. The summed E-state index contributed by atoms with van der Waals surface area (Å²) >= 11 is 0. The molecule has 0 aliphatic rings. The van der Waals surface area contributed by atoms with Crippen LogP contribution in [0.1, 0.15) is 6.92 Å². The predicted octanol–water partition coefficient (Wildman–Crippen LogP) is -1.15. The van der Waals surface area contributed by atoms with Gasteiger partial charge in [-0.05, 0) is 6.54 Å². The number of nitrogens with one attached hydrogen (secondary N) is 1. The quantitative estimate of drug-likeness (QED) is 0.404. The SMILES string of the molecule is CCNBO. The average molecular weight is 72.9 g/mol. The minimum atomic E-state index is 0.0938. The van der Waals surface area contributed by atoms with Crippen LogP contribution in [0.4, 0.5) is 0 Å². The molecule has 0 aromatic rings. The number of rotatable bonds is 2. The van der Waals surface area contributed by atoms with Crippen LogP contribution >= 0.6 is 0 Å². The van der Waals surface area contributed by atoms with Crippen LogP contribution in [0.3, 0.4) is 0 Å². The first-order valence-corrected chi connectivity index (χ1v) is 1.73. The van der Waals surface area contributed by atoms with Crippen molar-refractivity contribution >= 4 is 7.62 Å². The molecule has 0 spiro atoms. The van der Waals surface area contributed by atoms with Crippen molar-refractivity contribution in [3.8, 4) is 0 Å². The molecule has 0 radical (unpaired) electrons. The van der Waals surface area contributed by atoms with Crippen molar-refractivity contribution in [3.63, 3.8) is 0 Å². The Kier molecular flexibility index (Phi) is 3.97. The highest BCUT2D eigenvalue weighted by Gasteiger charge is 1.70. The van der Waals surface area contributed by atoms with Crippen molar-refractivity contribution in [3.05, 3.63) is 0 Å². The fraction of sp³-hybridized carbons (Fsp3) is 1.00. The zero-order chi connectivity index (χ0) is 4.12. The van der Waals surface area contributed by atoms with Crippen LogP contribution in [0, 0.1) is 0 Å². The van der Waals surface area contributed by atoms with Crippen molar-refractivity contribution in [2.45, 2.75) is 6.92 Å². The summed E-state index contributed by atoms with van der Waals surface area (Å²) < 4.78 is 0. The molecule has 0 amide bonds. The summed E-state index contributed by atoms with van der Waals surface area (Å²) in [4.78, 5) is 0. The predicted molar refractivity (Wildman–Crippen MR) is 23.0 cm³/mol. The van der Waals surface area contributed by atoms with Gasteiger partial charge in [0.15, 0.2) is 0 Å². The average Bonchev–Trinajstić information content (AvgIpc) is 1.41. The molecule has 0 fully saturated rings. The zero-order valence-corrected chi connectivity index (χ0v) is 3.36. The maximum absolute atomic E-state index is 7.96. The van der Waals surface area contributed by atoms with E-state index < -0.39 is 0 Å². The summed E-state index contributed by atoms with van der Waals surface area (Å²) in [5.74, 6) is 0. The summed E-state index contributed by atoms with van der Waals surface area (Å²) in [7, 11) is 0.0938. The lowest BCUT2D eigenvalue weighted by Crippen LogP contribution is -2.16. The molecule has 0 unspecified atom stereocenters. The lowest BCUT2D eigenvalue weighted by molar-refractivity contribution is 0.583. The molecular weight excluding hydrogens is 64.8 g/mol. The standard InChI is InChI=1S/C2H8BNO/c1-2-4-3-5/h3-5H,2H2,1H3. The van der Waals surface area contributed by atoms with Crippen LogP contribution in [0.25, 0.3) is 0 Å². The summed E-state index contributed by atoms with van der Waals surface area (Å²) in [5.41, 5.74) is 0. The van der Waals surface area contributed by atoms with Crippen molar-refractivity contribution in [1.29, 1.82) is 0 Å². The van der Waals surface area contributed by atoms with Crippen LogP contribution in [0.5, 0.6) is 0 Å². The molecule has 0 aromatic carbocycles. The molecule has 0 aliphatic heterocycles. The van der Waals surface area contributed by atoms with Gasteiger partial charge >= 0.3 is 7.62 Å². The Morgan fingerprint density at radius 3 is 2.60 bits per heavy atom. The molecule has 0 aliphatic carbocycles. The van der Waals surface area contributed by atoms with Crippen molar-refractivity contribution in [2.24, 2.45) is 0 Å². The molecule has 0 aromatic heterocycles. The lowest BCUT2D eigenvalue weighted by Gasteiger charge is -1.82. The van der Waals surface area contributed by atoms with Gasteiger partial charge in [-0.2, -0.15) is 0 Å². The Hall–Kier alpha value is -0.0151. The second-order valence-corrected chi connectivity index (χ2v) is 0.762. The van der Waals surface area contributed by atoms with E-state index in [4.69, 9.17) is 5.02 Å². The van der Waals surface area contributed by atoms with Gasteiger partial charge in [-0.25, -0.2) is 0 Å². The molecule has 0 saturated carbocycles. The molecule has 2 N–H and O–H groups in total. The molecular formula is C2H8BNO. The van der Waals surface area contributed by atoms with E-state index in [0.717, 1.165) is 6.54 Å². The highest BCUT2D eigenvalue weighted by Crippen LogP contribution is 1.40. The van der Waals surface area contributed by atoms with Crippen LogP contribution in [-0.4, -0.2) is 19.2 Å². The van der Waals surface area contributed by atoms with E-state index >= 15 is 0 Å². The van der Waals surface area contributed by atoms with Gasteiger partial charge in [0.25, 0.3) is 0 Å². The number of hydrogen-bond donors (Lipinski definition) is 2. The Balaban J connectivity index is 2.19. The highest BCUT2D eigenvalue weighted by molar-refractivity contribution is 6.21. The topological polar surface area (TPSA) is 32.3 Å². The first-order valence-electron chi connectivity index (χ1n) is 1.73. The van der Waals surface area contributed by atoms with Crippen LogP contribution < -0.4 is 5.23 Å². The van der Waals surface area contributed by atoms with Crippen molar-refractivity contribution in [1.82, 2.24) is 5.23 Å². The van der Waals surface area contributed by atoms with E-state index in [9.17, 15) is 0 Å². The molecule has 0 bridgehead atoms. The molecule has 0 atom stereocenters. The third kappa shape index (κ3) is 3.98. The Bertz CT molecular complexity index is 17.1. The largest absolute Gasteiger partial charge is 0.440 e. The van der Waals surface area contributed by atoms with E-state index in [1.165, 1.54) is 0 Å². The number of hydrogen-bond acceptors (Lipinski definition) is 2. The van der Waals surface area contributed by atoms with Gasteiger partial charge < -0.3 is 10.3 Å². The Morgan fingerprint density at radius 2 is 2.60 bits per heavy atom. The van der Waals surface area contributed by atoms with E-state index in [2.05, 4.69) is 5.23 Å². The van der Waals surface area contributed by atoms with E-state index in [-0.39, 0.29) is 7.62 Å². The summed E-state index contributed by atoms with van der Waals surface area (Å²) in [6.45, 7) is 2.78. The van der Waals surface area contributed by atoms with Crippen LogP contribution in [0.2, 0.25) is 0 Å². The molecule has 3 heteroatoms. The molecule has 0 heterocycles. The molecule has 2 nitrogen and oxygen atoms in total. The maximum atomic E-state index is 7.96. The van der Waals surface area contributed by atoms with Crippen LogP contribution in [0.15, 0.2) is 0 Å². The van der Waals surface area contributed by atoms with Gasteiger partial charge in [-0.15, -0.1) is 0 Å². The summed E-state index contributed by atoms with van der Waals surface area (Å²) in [5, 5.41) is 10.6. The lowest BCUT2D eigenvalue weighted by atomic mass is 10.3. The first kappa shape index (κ1) is 4.98. The normalized spacial score (nSPS) is 7.60. The zero-order valence-electron chi connectivity index (χ0n) is 3.36. The summed E-state index contributed by atoms with van der Waals surface area (Å²) in [6.07, 6.45) is 0. The fourth-order valence-electron chi connectivity index (χ4n) is 0.112. The maximum Gasteiger partial charge on any atom is 0.357 e.